The predicted molar refractivity (Wildman–Crippen MR) is 145 cm³/mol. The van der Waals surface area contributed by atoms with E-state index in [0.29, 0.717) is 40.3 Å². The number of carbonyl (C=O) groups is 2. The molecule has 1 saturated carbocycles. The average molecular weight is 534 g/mol. The van der Waals surface area contributed by atoms with Gasteiger partial charge in [-0.3, -0.25) is 4.79 Å². The lowest BCUT2D eigenvalue weighted by Crippen LogP contribution is -2.36. The summed E-state index contributed by atoms with van der Waals surface area (Å²) >= 11 is 0. The lowest BCUT2D eigenvalue weighted by Gasteiger charge is -2.37. The predicted octanol–water partition coefficient (Wildman–Crippen LogP) is 5.27. The maximum absolute atomic E-state index is 13.9. The molecular formula is C31H35NO7. The van der Waals surface area contributed by atoms with E-state index in [-0.39, 0.29) is 35.7 Å². The number of aromatic hydroxyl groups is 1. The summed E-state index contributed by atoms with van der Waals surface area (Å²) < 4.78 is 22.2. The highest BCUT2D eigenvalue weighted by atomic mass is 16.5. The van der Waals surface area contributed by atoms with Gasteiger partial charge in [0.05, 0.1) is 26.9 Å². The molecule has 3 aliphatic rings. The average Bonchev–Trinajstić information content (AvgIpc) is 3.45. The highest BCUT2D eigenvalue weighted by Crippen LogP contribution is 2.47. The second-order valence-corrected chi connectivity index (χ2v) is 10.4. The van der Waals surface area contributed by atoms with Gasteiger partial charge in [-0.15, -0.1) is 0 Å². The van der Waals surface area contributed by atoms with Gasteiger partial charge in [0.2, 0.25) is 0 Å². The van der Waals surface area contributed by atoms with Crippen LogP contribution in [0.3, 0.4) is 0 Å². The molecule has 5 rings (SSSR count). The van der Waals surface area contributed by atoms with E-state index in [4.69, 9.17) is 18.9 Å². The molecule has 206 valence electrons. The summed E-state index contributed by atoms with van der Waals surface area (Å²) in [5.41, 5.74) is 4.10. The summed E-state index contributed by atoms with van der Waals surface area (Å²) in [6.07, 6.45) is 4.54. The van der Waals surface area contributed by atoms with Crippen molar-refractivity contribution >= 4 is 11.8 Å². The van der Waals surface area contributed by atoms with Crippen LogP contribution in [0.1, 0.15) is 68.4 Å². The minimum atomic E-state index is -0.636. The molecule has 0 saturated heterocycles. The van der Waals surface area contributed by atoms with E-state index in [1.807, 2.05) is 25.1 Å². The number of nitrogens with one attached hydrogen (secondary N) is 1. The number of benzene rings is 2. The SMILES string of the molecule is COc1cc([C@@H]2C(C(=O)OC3CCCC3)=C(C)NC3=C2C(=O)C[C@@H](c2ccc(OC)c(OC)c2)C3)ccc1O. The topological polar surface area (TPSA) is 103 Å². The molecule has 0 spiro atoms. The monoisotopic (exact) mass is 533 g/mol. The van der Waals surface area contributed by atoms with Crippen molar-refractivity contribution in [2.75, 3.05) is 21.3 Å². The number of hydrogen-bond acceptors (Lipinski definition) is 8. The van der Waals surface area contributed by atoms with Crippen LogP contribution in [0.15, 0.2) is 58.9 Å². The Morgan fingerprint density at radius 2 is 1.56 bits per heavy atom. The first-order valence-corrected chi connectivity index (χ1v) is 13.4. The summed E-state index contributed by atoms with van der Waals surface area (Å²) in [4.78, 5) is 27.5. The van der Waals surface area contributed by atoms with Gasteiger partial charge in [0, 0.05) is 29.3 Å². The number of ether oxygens (including phenoxy) is 4. The van der Waals surface area contributed by atoms with Crippen molar-refractivity contribution in [3.8, 4) is 23.0 Å². The molecule has 2 aromatic rings. The van der Waals surface area contributed by atoms with E-state index in [1.54, 1.807) is 26.4 Å². The maximum Gasteiger partial charge on any atom is 0.337 e. The molecule has 2 aliphatic carbocycles. The molecular weight excluding hydrogens is 498 g/mol. The summed E-state index contributed by atoms with van der Waals surface area (Å²) in [5, 5.41) is 13.6. The van der Waals surface area contributed by atoms with E-state index in [0.717, 1.165) is 36.9 Å². The largest absolute Gasteiger partial charge is 0.504 e. The minimum absolute atomic E-state index is 0.0105. The normalized spacial score (nSPS) is 21.4. The Morgan fingerprint density at radius 1 is 0.897 bits per heavy atom. The standard InChI is InChI=1S/C31H35NO7/c1-17-28(31(35)39-21-7-5-6-8-21)29(19-9-11-23(33)26(16-19)37-3)30-22(32-17)13-20(14-24(30)34)18-10-12-25(36-2)27(15-18)38-4/h9-12,15-16,20-21,29,32-33H,5-8,13-14H2,1-4H3/t20-,29+/m0/s1. The van der Waals surface area contributed by atoms with Gasteiger partial charge in [0.1, 0.15) is 6.10 Å². The van der Waals surface area contributed by atoms with Crippen LogP contribution in [-0.2, 0) is 14.3 Å². The molecule has 0 amide bonds. The van der Waals surface area contributed by atoms with Gasteiger partial charge >= 0.3 is 5.97 Å². The zero-order valence-corrected chi connectivity index (χ0v) is 22.8. The quantitative estimate of drug-likeness (QED) is 0.465. The summed E-state index contributed by atoms with van der Waals surface area (Å²) in [7, 11) is 4.66. The Kier molecular flexibility index (Phi) is 7.55. The molecule has 8 nitrogen and oxygen atoms in total. The number of phenols is 1. The zero-order valence-electron chi connectivity index (χ0n) is 22.8. The van der Waals surface area contributed by atoms with Crippen molar-refractivity contribution in [2.24, 2.45) is 0 Å². The summed E-state index contributed by atoms with van der Waals surface area (Å²) in [6.45, 7) is 1.85. The van der Waals surface area contributed by atoms with Crippen molar-refractivity contribution in [3.63, 3.8) is 0 Å². The van der Waals surface area contributed by atoms with Gasteiger partial charge < -0.3 is 29.4 Å². The maximum atomic E-state index is 13.9. The number of methoxy groups -OCH3 is 3. The molecule has 2 aromatic carbocycles. The van der Waals surface area contributed by atoms with Crippen LogP contribution in [0.4, 0.5) is 0 Å². The molecule has 0 unspecified atom stereocenters. The number of dihydropyridines is 1. The second kappa shape index (κ2) is 11.0. The third kappa shape index (κ3) is 5.07. The van der Waals surface area contributed by atoms with Crippen LogP contribution in [-0.4, -0.2) is 44.3 Å². The molecule has 2 atom stereocenters. The first kappa shape index (κ1) is 26.7. The molecule has 0 aromatic heterocycles. The van der Waals surface area contributed by atoms with Gasteiger partial charge in [-0.2, -0.15) is 0 Å². The fourth-order valence-corrected chi connectivity index (χ4v) is 6.08. The van der Waals surface area contributed by atoms with Crippen molar-refractivity contribution in [1.29, 1.82) is 0 Å². The van der Waals surface area contributed by atoms with E-state index < -0.39 is 11.9 Å². The van der Waals surface area contributed by atoms with Crippen LogP contribution < -0.4 is 19.5 Å². The molecule has 1 aliphatic heterocycles. The van der Waals surface area contributed by atoms with Crippen LogP contribution in [0.5, 0.6) is 23.0 Å². The number of allylic oxidation sites excluding steroid dienone is 3. The number of hydrogen-bond donors (Lipinski definition) is 2. The molecule has 1 heterocycles. The van der Waals surface area contributed by atoms with Gasteiger partial charge in [-0.25, -0.2) is 4.79 Å². The Morgan fingerprint density at radius 3 is 2.26 bits per heavy atom. The Bertz CT molecular complexity index is 1350. The lowest BCUT2D eigenvalue weighted by atomic mass is 9.71. The first-order chi connectivity index (χ1) is 18.8. The first-order valence-electron chi connectivity index (χ1n) is 13.4. The molecule has 0 bridgehead atoms. The lowest BCUT2D eigenvalue weighted by molar-refractivity contribution is -0.144. The molecule has 0 radical (unpaired) electrons. The highest BCUT2D eigenvalue weighted by Gasteiger charge is 2.42. The van der Waals surface area contributed by atoms with Crippen molar-refractivity contribution in [3.05, 3.63) is 70.1 Å². The van der Waals surface area contributed by atoms with Crippen molar-refractivity contribution in [2.45, 2.75) is 63.4 Å². The second-order valence-electron chi connectivity index (χ2n) is 10.4. The smallest absolute Gasteiger partial charge is 0.337 e. The Labute approximate surface area is 228 Å². The van der Waals surface area contributed by atoms with Crippen LogP contribution >= 0.6 is 0 Å². The number of carbonyl (C=O) groups excluding carboxylic acids is 2. The molecule has 1 fully saturated rings. The number of Topliss-reactive ketones (excluding diaryl/α,β-unsaturated/α-hetero) is 1. The summed E-state index contributed by atoms with van der Waals surface area (Å²) in [5.74, 6) is 0.349. The Hall–Kier alpha value is -3.94. The van der Waals surface area contributed by atoms with E-state index in [1.165, 1.54) is 13.2 Å². The van der Waals surface area contributed by atoms with E-state index in [9.17, 15) is 14.7 Å². The number of rotatable bonds is 7. The van der Waals surface area contributed by atoms with Gasteiger partial charge in [0.25, 0.3) is 0 Å². The zero-order chi connectivity index (χ0) is 27.7. The number of phenolic OH excluding ortho intramolecular Hbond substituents is 1. The fraction of sp³-hybridized carbons (Fsp3) is 0.419. The van der Waals surface area contributed by atoms with Crippen LogP contribution in [0, 0.1) is 0 Å². The number of ketones is 1. The third-order valence-electron chi connectivity index (χ3n) is 8.04. The van der Waals surface area contributed by atoms with Gasteiger partial charge in [-0.05, 0) is 80.3 Å². The highest BCUT2D eigenvalue weighted by molar-refractivity contribution is 6.04. The van der Waals surface area contributed by atoms with Crippen molar-refractivity contribution in [1.82, 2.24) is 5.32 Å². The van der Waals surface area contributed by atoms with Crippen LogP contribution in [0.25, 0.3) is 0 Å². The third-order valence-corrected chi connectivity index (χ3v) is 8.04. The van der Waals surface area contributed by atoms with E-state index in [2.05, 4.69) is 5.32 Å². The van der Waals surface area contributed by atoms with Gasteiger partial charge in [-0.1, -0.05) is 12.1 Å². The molecule has 39 heavy (non-hydrogen) atoms. The molecule has 2 N–H and O–H groups in total. The number of esters is 1. The minimum Gasteiger partial charge on any atom is -0.504 e. The van der Waals surface area contributed by atoms with Crippen molar-refractivity contribution < 1.29 is 33.6 Å². The van der Waals surface area contributed by atoms with Gasteiger partial charge in [0.15, 0.2) is 28.8 Å². The van der Waals surface area contributed by atoms with E-state index >= 15 is 0 Å². The summed E-state index contributed by atoms with van der Waals surface area (Å²) in [6, 6.07) is 10.7. The fourth-order valence-electron chi connectivity index (χ4n) is 6.08. The molecule has 8 heteroatoms. The Balaban J connectivity index is 1.55. The van der Waals surface area contributed by atoms with Crippen LogP contribution in [0.2, 0.25) is 0 Å².